The van der Waals surface area contributed by atoms with Gasteiger partial charge in [-0.15, -0.1) is 0 Å². The number of nitrogens with zero attached hydrogens (tertiary/aromatic N) is 2. The lowest BCUT2D eigenvalue weighted by atomic mass is 9.98. The molecule has 0 bridgehead atoms. The van der Waals surface area contributed by atoms with Crippen LogP contribution < -0.4 is 0 Å². The number of carbonyl (C=O) groups excluding carboxylic acids is 3. The van der Waals surface area contributed by atoms with Crippen LogP contribution in [0.4, 0.5) is 0 Å². The molecule has 3 aliphatic rings. The molecule has 0 saturated heterocycles. The molecule has 0 radical (unpaired) electrons. The van der Waals surface area contributed by atoms with E-state index in [1.165, 1.54) is 11.1 Å². The summed E-state index contributed by atoms with van der Waals surface area (Å²) in [6.07, 6.45) is 4.57. The van der Waals surface area contributed by atoms with Gasteiger partial charge in [-0.3, -0.25) is 4.90 Å². The molecule has 24 heavy (non-hydrogen) atoms. The molecule has 0 N–H and O–H groups in total. The molecule has 0 aromatic carbocycles. The smallest absolute Gasteiger partial charge is 0.339 e. The van der Waals surface area contributed by atoms with Crippen LogP contribution >= 0.6 is 0 Å². The maximum Gasteiger partial charge on any atom is 0.339 e. The first-order chi connectivity index (χ1) is 11.4. The van der Waals surface area contributed by atoms with Crippen LogP contribution in [-0.2, 0) is 23.9 Å². The van der Waals surface area contributed by atoms with E-state index in [2.05, 4.69) is 4.99 Å². The molecule has 0 aromatic heterocycles. The molecular weight excluding hydrogens is 312 g/mol. The van der Waals surface area contributed by atoms with Crippen LogP contribution in [-0.4, -0.2) is 40.8 Å². The fraction of sp³-hybridized carbons (Fsp3) is 0.294. The molecule has 3 rings (SSSR count). The highest BCUT2D eigenvalue weighted by Crippen LogP contribution is 2.44. The summed E-state index contributed by atoms with van der Waals surface area (Å²) in [5.41, 5.74) is 0.112. The van der Waals surface area contributed by atoms with E-state index < -0.39 is 11.6 Å². The molecule has 0 aliphatic carbocycles. The number of esters is 1. The summed E-state index contributed by atoms with van der Waals surface area (Å²) < 4.78 is 10.5. The van der Waals surface area contributed by atoms with Gasteiger partial charge in [-0.05, 0) is 32.9 Å². The number of carbonyl (C=O) groups is 1. The highest BCUT2D eigenvalue weighted by atomic mass is 16.5. The van der Waals surface area contributed by atoms with Gasteiger partial charge in [-0.2, -0.15) is 0 Å². The van der Waals surface area contributed by atoms with Crippen LogP contribution in [0.15, 0.2) is 51.6 Å². The maximum atomic E-state index is 11.9. The fourth-order valence-corrected chi connectivity index (χ4v) is 2.68. The highest BCUT2D eigenvalue weighted by Gasteiger charge is 2.45. The van der Waals surface area contributed by atoms with E-state index in [9.17, 15) is 14.4 Å². The molecule has 0 aromatic rings. The SMILES string of the molecule is CCOC(=O)C1=CN2C(=C=O)C3=C(N=C2C=C1)C(C)(C)OC3=C=O. The van der Waals surface area contributed by atoms with Crippen molar-refractivity contribution in [3.63, 3.8) is 0 Å². The van der Waals surface area contributed by atoms with Crippen molar-refractivity contribution in [2.45, 2.75) is 26.4 Å². The van der Waals surface area contributed by atoms with E-state index in [4.69, 9.17) is 9.47 Å². The fourth-order valence-electron chi connectivity index (χ4n) is 2.68. The van der Waals surface area contributed by atoms with Gasteiger partial charge in [0, 0.05) is 6.20 Å². The summed E-state index contributed by atoms with van der Waals surface area (Å²) in [6, 6.07) is 0. The molecule has 3 heterocycles. The molecule has 7 heteroatoms. The Morgan fingerprint density at radius 3 is 2.71 bits per heavy atom. The second-order valence-electron chi connectivity index (χ2n) is 5.70. The Labute approximate surface area is 137 Å². The highest BCUT2D eigenvalue weighted by molar-refractivity contribution is 6.05. The van der Waals surface area contributed by atoms with Crippen LogP contribution in [0.25, 0.3) is 0 Å². The Balaban J connectivity index is 2.13. The van der Waals surface area contributed by atoms with E-state index in [1.54, 1.807) is 38.9 Å². The van der Waals surface area contributed by atoms with E-state index in [-0.39, 0.29) is 29.2 Å². The van der Waals surface area contributed by atoms with E-state index in [1.807, 2.05) is 5.94 Å². The van der Waals surface area contributed by atoms with Gasteiger partial charge in [0.15, 0.2) is 11.9 Å². The quantitative estimate of drug-likeness (QED) is 0.560. The zero-order valence-electron chi connectivity index (χ0n) is 13.4. The van der Waals surface area contributed by atoms with Crippen molar-refractivity contribution < 1.29 is 23.9 Å². The summed E-state index contributed by atoms with van der Waals surface area (Å²) >= 11 is 0. The first-order valence-corrected chi connectivity index (χ1v) is 7.32. The van der Waals surface area contributed by atoms with Gasteiger partial charge < -0.3 is 9.47 Å². The molecule has 3 aliphatic heterocycles. The minimum Gasteiger partial charge on any atom is -0.470 e. The van der Waals surface area contributed by atoms with Gasteiger partial charge >= 0.3 is 5.97 Å². The molecule has 0 fully saturated rings. The summed E-state index contributed by atoms with van der Waals surface area (Å²) in [5, 5.41) is 0. The number of hydrogen-bond donors (Lipinski definition) is 0. The van der Waals surface area contributed by atoms with Crippen molar-refractivity contribution in [2.75, 3.05) is 6.61 Å². The zero-order chi connectivity index (χ0) is 17.5. The standard InChI is InChI=1S/C17H14N2O5/c1-4-23-16(22)10-5-6-13-18-15-14(11(8-20)19(13)7-10)12(9-21)24-17(15,2)3/h5-7H,4H2,1-3H3. The van der Waals surface area contributed by atoms with E-state index in [0.29, 0.717) is 11.5 Å². The molecule has 0 atom stereocenters. The van der Waals surface area contributed by atoms with Crippen molar-refractivity contribution in [3.8, 4) is 0 Å². The Morgan fingerprint density at radius 1 is 1.33 bits per heavy atom. The van der Waals surface area contributed by atoms with Crippen LogP contribution in [0.1, 0.15) is 20.8 Å². The second-order valence-corrected chi connectivity index (χ2v) is 5.70. The third kappa shape index (κ3) is 2.24. The number of hydrogen-bond acceptors (Lipinski definition) is 7. The number of ether oxygens (including phenoxy) is 2. The average Bonchev–Trinajstić information content (AvgIpc) is 2.83. The number of fused-ring (bicyclic) bond motifs is 1. The molecule has 0 saturated carbocycles. The van der Waals surface area contributed by atoms with Crippen LogP contribution in [0.2, 0.25) is 0 Å². The Hall–Kier alpha value is -3.14. The van der Waals surface area contributed by atoms with E-state index >= 15 is 0 Å². The lowest BCUT2D eigenvalue weighted by molar-refractivity contribution is -0.138. The topological polar surface area (TPSA) is 85.3 Å². The molecule has 0 unspecified atom stereocenters. The lowest BCUT2D eigenvalue weighted by Crippen LogP contribution is -2.33. The van der Waals surface area contributed by atoms with Crippen molar-refractivity contribution >= 4 is 23.7 Å². The summed E-state index contributed by atoms with van der Waals surface area (Å²) in [4.78, 5) is 40.5. The largest absolute Gasteiger partial charge is 0.470 e. The van der Waals surface area contributed by atoms with Crippen molar-refractivity contribution in [3.05, 3.63) is 46.7 Å². The first kappa shape index (κ1) is 15.7. The van der Waals surface area contributed by atoms with Crippen LogP contribution in [0.5, 0.6) is 0 Å². The minimum atomic E-state index is -0.873. The molecule has 122 valence electrons. The summed E-state index contributed by atoms with van der Waals surface area (Å²) in [5.74, 6) is 3.30. The average molecular weight is 326 g/mol. The van der Waals surface area contributed by atoms with Gasteiger partial charge in [0.25, 0.3) is 0 Å². The molecule has 7 nitrogen and oxygen atoms in total. The van der Waals surface area contributed by atoms with Gasteiger partial charge in [0.1, 0.15) is 22.8 Å². The summed E-state index contributed by atoms with van der Waals surface area (Å²) in [7, 11) is 0. The molecule has 0 spiro atoms. The van der Waals surface area contributed by atoms with Gasteiger partial charge in [0.05, 0.1) is 17.8 Å². The molecule has 0 amide bonds. The summed E-state index contributed by atoms with van der Waals surface area (Å²) in [6.45, 7) is 5.41. The Morgan fingerprint density at radius 2 is 2.08 bits per heavy atom. The zero-order valence-corrected chi connectivity index (χ0v) is 13.4. The third-order valence-electron chi connectivity index (χ3n) is 3.72. The predicted octanol–water partition coefficient (Wildman–Crippen LogP) is 1.21. The van der Waals surface area contributed by atoms with Crippen LogP contribution in [0, 0.1) is 0 Å². The number of rotatable bonds is 2. The Bertz CT molecular complexity index is 859. The van der Waals surface area contributed by atoms with Crippen LogP contribution in [0.3, 0.4) is 0 Å². The van der Waals surface area contributed by atoms with Gasteiger partial charge in [-0.25, -0.2) is 19.4 Å². The van der Waals surface area contributed by atoms with Gasteiger partial charge in [-0.1, -0.05) is 0 Å². The second kappa shape index (κ2) is 5.49. The third-order valence-corrected chi connectivity index (χ3v) is 3.72. The number of amidine groups is 1. The predicted molar refractivity (Wildman–Crippen MR) is 83.7 cm³/mol. The molecular formula is C17H14N2O5. The van der Waals surface area contributed by atoms with Crippen molar-refractivity contribution in [2.24, 2.45) is 4.99 Å². The lowest BCUT2D eigenvalue weighted by Gasteiger charge is -2.29. The normalized spacial score (nSPS) is 20.4. The maximum absolute atomic E-state index is 11.9. The van der Waals surface area contributed by atoms with Gasteiger partial charge in [0.2, 0.25) is 5.76 Å². The van der Waals surface area contributed by atoms with Crippen molar-refractivity contribution in [1.29, 1.82) is 0 Å². The van der Waals surface area contributed by atoms with Crippen molar-refractivity contribution in [1.82, 2.24) is 4.90 Å². The first-order valence-electron chi connectivity index (χ1n) is 7.32. The minimum absolute atomic E-state index is 0.0464. The number of aliphatic imine (C=N–C) groups is 1. The monoisotopic (exact) mass is 326 g/mol. The van der Waals surface area contributed by atoms with E-state index in [0.717, 1.165) is 0 Å². The Kier molecular flexibility index (Phi) is 3.60.